The van der Waals surface area contributed by atoms with Gasteiger partial charge in [-0.15, -0.1) is 0 Å². The Bertz CT molecular complexity index is 323. The highest BCUT2D eigenvalue weighted by Crippen LogP contribution is 2.14. The van der Waals surface area contributed by atoms with Crippen LogP contribution in [0.15, 0.2) is 29.4 Å². The summed E-state index contributed by atoms with van der Waals surface area (Å²) in [6, 6.07) is 3.68. The van der Waals surface area contributed by atoms with Gasteiger partial charge in [-0.2, -0.15) is 0 Å². The molecule has 1 N–H and O–H groups in total. The highest BCUT2D eigenvalue weighted by atomic mass is 32.2. The summed E-state index contributed by atoms with van der Waals surface area (Å²) < 4.78 is 12.0. The number of nitrogens with one attached hydrogen (secondary N) is 1. The van der Waals surface area contributed by atoms with Crippen molar-refractivity contribution in [2.24, 2.45) is 5.92 Å². The van der Waals surface area contributed by atoms with Crippen LogP contribution in [0.3, 0.4) is 0 Å². The molecule has 0 unspecified atom stereocenters. The maximum absolute atomic E-state index is 12.0. The molecule has 0 aromatic carbocycles. The highest BCUT2D eigenvalue weighted by molar-refractivity contribution is 7.85. The second-order valence-electron chi connectivity index (χ2n) is 3.91. The standard InChI is InChI=1S/C11H16N2OS/c14-15(11-3-6-12-7-4-11)9-10-2-1-5-13-8-10/h3-4,6-7,10,13H,1-2,5,8-9H2/t10-,15-/m1/s1. The normalized spacial score (nSPS) is 23.6. The van der Waals surface area contributed by atoms with Crippen molar-refractivity contribution in [3.05, 3.63) is 24.5 Å². The van der Waals surface area contributed by atoms with Crippen molar-refractivity contribution in [2.75, 3.05) is 18.8 Å². The van der Waals surface area contributed by atoms with E-state index in [-0.39, 0.29) is 0 Å². The van der Waals surface area contributed by atoms with Crippen molar-refractivity contribution < 1.29 is 4.21 Å². The highest BCUT2D eigenvalue weighted by Gasteiger charge is 2.16. The van der Waals surface area contributed by atoms with Gasteiger partial charge in [0.15, 0.2) is 0 Å². The molecule has 2 rings (SSSR count). The number of nitrogens with zero attached hydrogens (tertiary/aromatic N) is 1. The molecule has 1 saturated heterocycles. The predicted octanol–water partition coefficient (Wildman–Crippen LogP) is 1.19. The maximum Gasteiger partial charge on any atom is 0.0533 e. The zero-order valence-corrected chi connectivity index (χ0v) is 9.50. The number of hydrogen-bond donors (Lipinski definition) is 1. The Balaban J connectivity index is 1.91. The summed E-state index contributed by atoms with van der Waals surface area (Å²) in [5.74, 6) is 1.34. The van der Waals surface area contributed by atoms with E-state index in [1.54, 1.807) is 12.4 Å². The maximum atomic E-state index is 12.0. The van der Waals surface area contributed by atoms with Crippen LogP contribution >= 0.6 is 0 Å². The minimum absolute atomic E-state index is 0.563. The first-order chi connectivity index (χ1) is 7.36. The summed E-state index contributed by atoms with van der Waals surface area (Å²) in [5.41, 5.74) is 0. The van der Waals surface area contributed by atoms with E-state index < -0.39 is 10.8 Å². The zero-order chi connectivity index (χ0) is 10.5. The van der Waals surface area contributed by atoms with E-state index in [0.29, 0.717) is 5.92 Å². The van der Waals surface area contributed by atoms with Crippen LogP contribution in [0, 0.1) is 5.92 Å². The Kier molecular flexibility index (Phi) is 3.86. The van der Waals surface area contributed by atoms with Gasteiger partial charge in [-0.1, -0.05) is 0 Å². The smallest absolute Gasteiger partial charge is 0.0533 e. The molecule has 0 spiro atoms. The Morgan fingerprint density at radius 2 is 2.27 bits per heavy atom. The van der Waals surface area contributed by atoms with Gasteiger partial charge < -0.3 is 5.32 Å². The minimum atomic E-state index is -0.861. The fourth-order valence-electron chi connectivity index (χ4n) is 1.87. The number of aromatic nitrogens is 1. The monoisotopic (exact) mass is 224 g/mol. The summed E-state index contributed by atoms with van der Waals surface area (Å²) in [7, 11) is -0.861. The summed E-state index contributed by atoms with van der Waals surface area (Å²) >= 11 is 0. The Morgan fingerprint density at radius 1 is 1.47 bits per heavy atom. The first kappa shape index (κ1) is 10.8. The van der Waals surface area contributed by atoms with Crippen LogP contribution in [0.4, 0.5) is 0 Å². The second-order valence-corrected chi connectivity index (χ2v) is 5.40. The molecular formula is C11H16N2OS. The molecule has 3 nitrogen and oxygen atoms in total. The van der Waals surface area contributed by atoms with Gasteiger partial charge in [-0.25, -0.2) is 0 Å². The van der Waals surface area contributed by atoms with Crippen LogP contribution in [0.1, 0.15) is 12.8 Å². The van der Waals surface area contributed by atoms with Crippen molar-refractivity contribution in [3.63, 3.8) is 0 Å². The third kappa shape index (κ3) is 3.11. The van der Waals surface area contributed by atoms with Crippen LogP contribution in [-0.4, -0.2) is 28.0 Å². The van der Waals surface area contributed by atoms with E-state index >= 15 is 0 Å². The molecule has 1 fully saturated rings. The van der Waals surface area contributed by atoms with Gasteiger partial charge in [0.2, 0.25) is 0 Å². The van der Waals surface area contributed by atoms with Crippen molar-refractivity contribution in [3.8, 4) is 0 Å². The topological polar surface area (TPSA) is 42.0 Å². The Labute approximate surface area is 92.8 Å². The molecule has 0 saturated carbocycles. The number of pyridine rings is 1. The molecule has 0 aliphatic carbocycles. The van der Waals surface area contributed by atoms with Crippen LogP contribution in [0.5, 0.6) is 0 Å². The molecule has 4 heteroatoms. The summed E-state index contributed by atoms with van der Waals surface area (Å²) in [4.78, 5) is 4.83. The van der Waals surface area contributed by atoms with Crippen molar-refractivity contribution in [1.82, 2.24) is 10.3 Å². The minimum Gasteiger partial charge on any atom is -0.316 e. The van der Waals surface area contributed by atoms with Crippen molar-refractivity contribution in [2.45, 2.75) is 17.7 Å². The molecule has 15 heavy (non-hydrogen) atoms. The average molecular weight is 224 g/mol. The van der Waals surface area contributed by atoms with Gasteiger partial charge in [-0.3, -0.25) is 9.19 Å². The van der Waals surface area contributed by atoms with Gasteiger partial charge in [0.1, 0.15) is 0 Å². The lowest BCUT2D eigenvalue weighted by atomic mass is 10.0. The molecule has 2 atom stereocenters. The van der Waals surface area contributed by atoms with Gasteiger partial charge in [0, 0.05) is 23.0 Å². The summed E-state index contributed by atoms with van der Waals surface area (Å²) in [6.07, 6.45) is 5.81. The lowest BCUT2D eigenvalue weighted by molar-refractivity contribution is 0.408. The van der Waals surface area contributed by atoms with Gasteiger partial charge in [-0.05, 0) is 44.0 Å². The summed E-state index contributed by atoms with van der Waals surface area (Å²) in [5, 5.41) is 3.34. The lowest BCUT2D eigenvalue weighted by Crippen LogP contribution is -2.32. The Morgan fingerprint density at radius 3 is 2.93 bits per heavy atom. The van der Waals surface area contributed by atoms with Crippen LogP contribution in [0.25, 0.3) is 0 Å². The van der Waals surface area contributed by atoms with Crippen molar-refractivity contribution >= 4 is 10.8 Å². The quantitative estimate of drug-likeness (QED) is 0.838. The van der Waals surface area contributed by atoms with Crippen molar-refractivity contribution in [1.29, 1.82) is 0 Å². The number of rotatable bonds is 3. The van der Waals surface area contributed by atoms with E-state index in [4.69, 9.17) is 0 Å². The van der Waals surface area contributed by atoms with E-state index in [1.807, 2.05) is 12.1 Å². The van der Waals surface area contributed by atoms with Gasteiger partial charge >= 0.3 is 0 Å². The first-order valence-electron chi connectivity index (χ1n) is 5.35. The van der Waals surface area contributed by atoms with E-state index in [2.05, 4.69) is 10.3 Å². The summed E-state index contributed by atoms with van der Waals surface area (Å²) in [6.45, 7) is 2.12. The molecule has 1 aliphatic rings. The predicted molar refractivity (Wildman–Crippen MR) is 61.1 cm³/mol. The zero-order valence-electron chi connectivity index (χ0n) is 8.69. The Hall–Kier alpha value is -0.740. The van der Waals surface area contributed by atoms with Crippen LogP contribution in [0.2, 0.25) is 0 Å². The molecule has 2 heterocycles. The molecule has 1 aromatic heterocycles. The molecule has 0 bridgehead atoms. The first-order valence-corrected chi connectivity index (χ1v) is 6.67. The second kappa shape index (κ2) is 5.37. The number of piperidine rings is 1. The van der Waals surface area contributed by atoms with Crippen LogP contribution in [-0.2, 0) is 10.8 Å². The number of hydrogen-bond acceptors (Lipinski definition) is 3. The third-order valence-corrected chi connectivity index (χ3v) is 4.27. The van der Waals surface area contributed by atoms with Crippen LogP contribution < -0.4 is 5.32 Å². The molecule has 1 aliphatic heterocycles. The fraction of sp³-hybridized carbons (Fsp3) is 0.545. The third-order valence-electron chi connectivity index (χ3n) is 2.70. The SMILES string of the molecule is O=[S@](C[C@@H]1CCCNC1)c1ccncc1. The molecule has 82 valence electrons. The van der Waals surface area contributed by atoms with Gasteiger partial charge in [0.05, 0.1) is 10.8 Å². The largest absolute Gasteiger partial charge is 0.316 e. The molecule has 0 amide bonds. The van der Waals surface area contributed by atoms with Gasteiger partial charge in [0.25, 0.3) is 0 Å². The van der Waals surface area contributed by atoms with E-state index in [0.717, 1.165) is 23.7 Å². The lowest BCUT2D eigenvalue weighted by Gasteiger charge is -2.22. The van der Waals surface area contributed by atoms with E-state index in [1.165, 1.54) is 12.8 Å². The van der Waals surface area contributed by atoms with E-state index in [9.17, 15) is 4.21 Å². The molecule has 0 radical (unpaired) electrons. The molecular weight excluding hydrogens is 208 g/mol. The average Bonchev–Trinajstić information content (AvgIpc) is 2.31. The fourth-order valence-corrected chi connectivity index (χ4v) is 3.20. The molecule has 1 aromatic rings.